The lowest BCUT2D eigenvalue weighted by Crippen LogP contribution is -1.92. The molecule has 22 rings (SSSR count). The molecule has 15 nitrogen and oxygen atoms in total. The lowest BCUT2D eigenvalue weighted by Gasteiger charge is -2.15. The highest BCUT2D eigenvalue weighted by Gasteiger charge is 2.27. The molecule has 4 heterocycles. The van der Waals surface area contributed by atoms with E-state index in [-0.39, 0.29) is 39.7 Å². The van der Waals surface area contributed by atoms with Gasteiger partial charge in [0.2, 0.25) is 17.1 Å². The maximum Gasteiger partial charge on any atom is 0.202 e. The summed E-state index contributed by atoms with van der Waals surface area (Å²) in [6.07, 6.45) is 13.5. The Labute approximate surface area is 624 Å². The summed E-state index contributed by atoms with van der Waals surface area (Å²) in [5, 5.41) is 38.9. The summed E-state index contributed by atoms with van der Waals surface area (Å²) in [6, 6.07) is 79.5. The molecule has 0 atom stereocenters. The maximum absolute atomic E-state index is 9.91. The summed E-state index contributed by atoms with van der Waals surface area (Å²) in [4.78, 5) is 58.0. The van der Waals surface area contributed by atoms with Crippen LogP contribution < -0.4 is 0 Å². The van der Waals surface area contributed by atoms with Gasteiger partial charge in [-0.15, -0.1) is 0 Å². The first-order valence-corrected chi connectivity index (χ1v) is 34.8. The van der Waals surface area contributed by atoms with Crippen LogP contribution in [0.5, 0.6) is 0 Å². The van der Waals surface area contributed by atoms with E-state index < -0.39 is 0 Å². The van der Waals surface area contributed by atoms with E-state index in [1.54, 1.807) is 49.4 Å². The molecule has 0 saturated heterocycles. The van der Waals surface area contributed by atoms with E-state index >= 15 is 0 Å². The molecule has 18 aromatic carbocycles. The number of rotatable bonds is 0. The number of hydrogen-bond donors (Lipinski definition) is 0. The molecule has 500 valence electrons. The van der Waals surface area contributed by atoms with E-state index in [2.05, 4.69) is 217 Å². The molecular weight excluding hydrogens is 1350 g/mol. The molecule has 0 aliphatic rings. The summed E-state index contributed by atoms with van der Waals surface area (Å²) < 4.78 is 0. The molecule has 0 aliphatic heterocycles. The summed E-state index contributed by atoms with van der Waals surface area (Å²) in [5.74, 6) is 0. The molecule has 0 radical (unpaired) electrons. The van der Waals surface area contributed by atoms with Crippen molar-refractivity contribution in [3.8, 4) is 6.07 Å². The van der Waals surface area contributed by atoms with E-state index in [1.807, 2.05) is 66.7 Å². The molecule has 0 amide bonds. The van der Waals surface area contributed by atoms with Crippen molar-refractivity contribution < 1.29 is 0 Å². The van der Waals surface area contributed by atoms with E-state index in [4.69, 9.17) is 49.4 Å². The van der Waals surface area contributed by atoms with Gasteiger partial charge in [-0.2, -0.15) is 5.26 Å². The Bertz CT molecular complexity index is 8170. The molecule has 0 fully saturated rings. The van der Waals surface area contributed by atoms with Crippen LogP contribution >= 0.6 is 0 Å². The summed E-state index contributed by atoms with van der Waals surface area (Å²) in [5.41, 5.74) is 6.64. The molecule has 15 heteroatoms. The van der Waals surface area contributed by atoms with Crippen LogP contribution in [0.4, 0.5) is 34.1 Å². The third kappa shape index (κ3) is 9.99. The molecule has 0 aliphatic carbocycles. The van der Waals surface area contributed by atoms with Crippen molar-refractivity contribution in [2.45, 2.75) is 0 Å². The second kappa shape index (κ2) is 26.0. The van der Waals surface area contributed by atoms with Crippen molar-refractivity contribution in [3.63, 3.8) is 0 Å². The molecule has 0 bridgehead atoms. The second-order valence-electron chi connectivity index (χ2n) is 26.4. The molecule has 0 unspecified atom stereocenters. The Morgan fingerprint density at radius 3 is 0.936 bits per heavy atom. The third-order valence-electron chi connectivity index (χ3n) is 20.8. The highest BCUT2D eigenvalue weighted by molar-refractivity contribution is 6.36. The Morgan fingerprint density at radius 2 is 0.518 bits per heavy atom. The smallest absolute Gasteiger partial charge is 0.202 e. The quantitative estimate of drug-likeness (QED) is 0.0820. The zero-order chi connectivity index (χ0) is 74.3. The largest absolute Gasteiger partial charge is 0.262 e. The van der Waals surface area contributed by atoms with Crippen LogP contribution in [-0.2, 0) is 0 Å². The van der Waals surface area contributed by atoms with Crippen LogP contribution in [0, 0.1) is 50.8 Å². The lowest BCUT2D eigenvalue weighted by molar-refractivity contribution is 1.31. The Hall–Kier alpha value is -16.6. The summed E-state index contributed by atoms with van der Waals surface area (Å²) >= 11 is 0. The van der Waals surface area contributed by atoms with Gasteiger partial charge in [0, 0.05) is 87.3 Å². The molecule has 0 N–H and O–H groups in total. The van der Waals surface area contributed by atoms with E-state index in [1.165, 1.54) is 76.2 Å². The van der Waals surface area contributed by atoms with Gasteiger partial charge >= 0.3 is 0 Å². The number of benzene rings is 18. The first-order chi connectivity index (χ1) is 54.3. The standard InChI is InChI=1S/C24H8N6.2C24H14N2.C23H9N5/c1-26-20-17(12-25)19-18(22(27-2)24(20)28-3)15-10-13-6-4-5-7-14(13)11-16(15)21-23(19)30-9-8-29-21;1-2-7-17-14-21-20(13-16(17)6-1)22-18-8-4-3-5-15(18)9-10-19(22)23-24(21)26-12-11-25-23;1-2-7-17-14-21-20(13-16(17)6-1)19-10-9-15-5-3-4-8-18(15)22(19)24-23(21)25-11-12-26-24;1-24-18-12-17-19(23(26-3)22(18)25-2)15-10-13-6-4-5-7-14(13)11-16(15)20-21(17)28-9-8-27-20/h4-11H;2*1-14H;4-12H. The van der Waals surface area contributed by atoms with Crippen LogP contribution in [0.2, 0.25) is 0 Å². The molecular formula is C95H45N15. The van der Waals surface area contributed by atoms with Crippen LogP contribution in [-0.4, -0.2) is 39.9 Å². The SMILES string of the molecule is [C-]#[N+]c1c([N+]#[C-])c(C#N)c2c3nccnc3c3cc4ccccc4cc3c2c1[N+]#[C-].[C-]#[N+]c1cc2c3nccnc3c3cc4ccccc4cc3c2c([N+]#[C-])c1[N+]#[C-].c1ccc2cc3c(cc2c1)c1ccc2ccccc2c1c1nccnc31.c1ccc2cc3c(cc2c1)c1nccnc1c1ccc2ccccc2c31. The van der Waals surface area contributed by atoms with E-state index in [0.29, 0.717) is 43.5 Å². The van der Waals surface area contributed by atoms with Gasteiger partial charge in [-0.25, -0.2) is 0 Å². The zero-order valence-corrected chi connectivity index (χ0v) is 57.7. The number of nitrogens with zero attached hydrogens (tertiary/aromatic N) is 15. The molecule has 4 aromatic heterocycles. The van der Waals surface area contributed by atoms with E-state index in [9.17, 15) is 5.26 Å². The topological polar surface area (TPSA) is 153 Å². The maximum atomic E-state index is 9.91. The lowest BCUT2D eigenvalue weighted by atomic mass is 9.91. The van der Waals surface area contributed by atoms with Gasteiger partial charge in [-0.3, -0.25) is 68.9 Å². The molecule has 0 saturated carbocycles. The number of aromatic nitrogens is 8. The number of hydrogen-bond acceptors (Lipinski definition) is 9. The fraction of sp³-hybridized carbons (Fsp3) is 0. The Morgan fingerprint density at radius 1 is 0.209 bits per heavy atom. The summed E-state index contributed by atoms with van der Waals surface area (Å²) in [7, 11) is 0. The van der Waals surface area contributed by atoms with Crippen LogP contribution in [0.1, 0.15) is 5.56 Å². The number of nitriles is 1. The first kappa shape index (κ1) is 64.2. The Kier molecular flexibility index (Phi) is 15.2. The summed E-state index contributed by atoms with van der Waals surface area (Å²) in [6.45, 7) is 45.6. The van der Waals surface area contributed by atoms with Gasteiger partial charge in [0.25, 0.3) is 0 Å². The zero-order valence-electron chi connectivity index (χ0n) is 57.7. The monoisotopic (exact) mass is 1400 g/mol. The van der Waals surface area contributed by atoms with Crippen LogP contribution in [0.15, 0.2) is 274 Å². The average molecular weight is 1400 g/mol. The van der Waals surface area contributed by atoms with Crippen molar-refractivity contribution >= 4 is 229 Å². The van der Waals surface area contributed by atoms with Crippen LogP contribution in [0.25, 0.3) is 224 Å². The minimum atomic E-state index is -0.113. The third-order valence-corrected chi connectivity index (χ3v) is 20.8. The average Bonchev–Trinajstić information content (AvgIpc) is 0.720. The fourth-order valence-corrected chi connectivity index (χ4v) is 16.0. The van der Waals surface area contributed by atoms with Crippen molar-refractivity contribution in [1.82, 2.24) is 39.9 Å². The predicted octanol–water partition coefficient (Wildman–Crippen LogP) is 25.8. The van der Waals surface area contributed by atoms with Crippen molar-refractivity contribution in [1.29, 1.82) is 5.26 Å². The van der Waals surface area contributed by atoms with E-state index in [0.717, 1.165) is 81.4 Å². The van der Waals surface area contributed by atoms with Crippen LogP contribution in [0.3, 0.4) is 0 Å². The van der Waals surface area contributed by atoms with Gasteiger partial charge in [-0.1, -0.05) is 176 Å². The highest BCUT2D eigenvalue weighted by Crippen LogP contribution is 2.53. The second-order valence-corrected chi connectivity index (χ2v) is 26.4. The van der Waals surface area contributed by atoms with Gasteiger partial charge < -0.3 is 0 Å². The minimum Gasteiger partial charge on any atom is -0.262 e. The first-order valence-electron chi connectivity index (χ1n) is 34.8. The molecule has 110 heavy (non-hydrogen) atoms. The van der Waals surface area contributed by atoms with Crippen molar-refractivity contribution in [2.75, 3.05) is 0 Å². The van der Waals surface area contributed by atoms with Gasteiger partial charge in [0.1, 0.15) is 0 Å². The molecule has 0 spiro atoms. The highest BCUT2D eigenvalue weighted by atomic mass is 14.9. The number of fused-ring (bicyclic) bond motifs is 32. The fourth-order valence-electron chi connectivity index (χ4n) is 16.0. The molecule has 22 aromatic rings. The van der Waals surface area contributed by atoms with Gasteiger partial charge in [-0.05, 0) is 162 Å². The van der Waals surface area contributed by atoms with Crippen molar-refractivity contribution in [2.24, 2.45) is 0 Å². The Balaban J connectivity index is 0.0000000994. The van der Waals surface area contributed by atoms with Gasteiger partial charge in [0.15, 0.2) is 17.1 Å². The predicted molar refractivity (Wildman–Crippen MR) is 446 cm³/mol. The normalized spacial score (nSPS) is 11.2. The van der Waals surface area contributed by atoms with Crippen molar-refractivity contribution in [3.05, 3.63) is 348 Å². The van der Waals surface area contributed by atoms with Gasteiger partial charge in [0.05, 0.1) is 95.2 Å². The minimum absolute atomic E-state index is 0.0546.